The molecule has 0 aliphatic rings. The van der Waals surface area contributed by atoms with Crippen LogP contribution in [-0.2, 0) is 15.5 Å². The van der Waals surface area contributed by atoms with E-state index in [1.165, 1.54) is 0 Å². The lowest BCUT2D eigenvalue weighted by atomic mass is 9.89. The van der Waals surface area contributed by atoms with Crippen molar-refractivity contribution < 1.29 is 8.42 Å². The van der Waals surface area contributed by atoms with Gasteiger partial charge in [0.2, 0.25) is 0 Å². The fourth-order valence-corrected chi connectivity index (χ4v) is 3.09. The number of hydrogen-bond donors (Lipinski definition) is 0. The highest BCUT2D eigenvalue weighted by atomic mass is 35.7. The average molecular weight is 289 g/mol. The first-order chi connectivity index (χ1) is 8.20. The van der Waals surface area contributed by atoms with Gasteiger partial charge in [-0.05, 0) is 36.3 Å². The quantitative estimate of drug-likeness (QED) is 0.595. The van der Waals surface area contributed by atoms with E-state index in [2.05, 4.69) is 20.8 Å². The predicted octanol–water partition coefficient (Wildman–Crippen LogP) is 4.37. The molecular weight excluding hydrogens is 268 g/mol. The van der Waals surface area contributed by atoms with Crippen molar-refractivity contribution in [2.75, 3.05) is 0 Å². The monoisotopic (exact) mass is 288 g/mol. The summed E-state index contributed by atoms with van der Waals surface area (Å²) in [7, 11) is 1.79. The number of benzene rings is 1. The second-order valence-electron chi connectivity index (χ2n) is 5.81. The molecule has 0 amide bonds. The first-order valence-electron chi connectivity index (χ1n) is 6.23. The van der Waals surface area contributed by atoms with Crippen LogP contribution in [0.3, 0.4) is 0 Å². The van der Waals surface area contributed by atoms with Crippen molar-refractivity contribution >= 4 is 19.7 Å². The van der Waals surface area contributed by atoms with E-state index in [4.69, 9.17) is 10.7 Å². The van der Waals surface area contributed by atoms with E-state index >= 15 is 0 Å². The number of hydrogen-bond acceptors (Lipinski definition) is 2. The first kappa shape index (κ1) is 15.5. The van der Waals surface area contributed by atoms with Crippen molar-refractivity contribution in [2.24, 2.45) is 5.41 Å². The molecule has 1 rings (SSSR count). The molecule has 0 N–H and O–H groups in total. The van der Waals surface area contributed by atoms with Gasteiger partial charge in [0.05, 0.1) is 4.90 Å². The molecule has 0 bridgehead atoms. The summed E-state index contributed by atoms with van der Waals surface area (Å²) in [5.41, 5.74) is 1.15. The van der Waals surface area contributed by atoms with E-state index in [1.54, 1.807) is 12.1 Å². The van der Waals surface area contributed by atoms with Crippen LogP contribution in [0.2, 0.25) is 0 Å². The third-order valence-electron chi connectivity index (χ3n) is 2.86. The standard InChI is InChI=1S/C14H21ClO2S/c1-14(2,3)11-7-6-9-12-8-4-5-10-13(12)18(15,16)17/h4-5,8,10H,6-7,9,11H2,1-3H3. The molecule has 0 unspecified atom stereocenters. The number of unbranched alkanes of at least 4 members (excludes halogenated alkanes) is 1. The van der Waals surface area contributed by atoms with E-state index in [-0.39, 0.29) is 4.90 Å². The molecule has 0 fully saturated rings. The fraction of sp³-hybridized carbons (Fsp3) is 0.571. The van der Waals surface area contributed by atoms with Gasteiger partial charge in [0, 0.05) is 10.7 Å². The third-order valence-corrected chi connectivity index (χ3v) is 4.28. The molecule has 1 aromatic carbocycles. The van der Waals surface area contributed by atoms with Gasteiger partial charge in [0.15, 0.2) is 0 Å². The largest absolute Gasteiger partial charge is 0.261 e. The highest BCUT2D eigenvalue weighted by Crippen LogP contribution is 2.24. The van der Waals surface area contributed by atoms with Gasteiger partial charge in [-0.15, -0.1) is 0 Å². The molecule has 0 aromatic heterocycles. The van der Waals surface area contributed by atoms with Crippen molar-refractivity contribution in [3.63, 3.8) is 0 Å². The number of halogens is 1. The minimum Gasteiger partial charge on any atom is -0.207 e. The van der Waals surface area contributed by atoms with Gasteiger partial charge >= 0.3 is 0 Å². The van der Waals surface area contributed by atoms with Gasteiger partial charge in [-0.2, -0.15) is 0 Å². The van der Waals surface area contributed by atoms with Crippen LogP contribution in [0.1, 0.15) is 45.6 Å². The molecule has 18 heavy (non-hydrogen) atoms. The molecule has 0 aliphatic carbocycles. The van der Waals surface area contributed by atoms with Crippen LogP contribution in [-0.4, -0.2) is 8.42 Å². The molecule has 0 heterocycles. The predicted molar refractivity (Wildman–Crippen MR) is 76.5 cm³/mol. The Morgan fingerprint density at radius 1 is 1.11 bits per heavy atom. The molecule has 102 valence electrons. The lowest BCUT2D eigenvalue weighted by molar-refractivity contribution is 0.360. The Balaban J connectivity index is 2.64. The zero-order valence-corrected chi connectivity index (χ0v) is 12.8. The van der Waals surface area contributed by atoms with E-state index in [0.717, 1.165) is 31.2 Å². The van der Waals surface area contributed by atoms with E-state index in [1.807, 2.05) is 12.1 Å². The molecule has 0 aliphatic heterocycles. The summed E-state index contributed by atoms with van der Waals surface area (Å²) in [5.74, 6) is 0. The Hall–Kier alpha value is -0.540. The summed E-state index contributed by atoms with van der Waals surface area (Å²) in [6.45, 7) is 6.64. The van der Waals surface area contributed by atoms with Crippen LogP contribution in [0.5, 0.6) is 0 Å². The highest BCUT2D eigenvalue weighted by molar-refractivity contribution is 8.13. The van der Waals surface area contributed by atoms with Crippen LogP contribution in [0.15, 0.2) is 29.2 Å². The highest BCUT2D eigenvalue weighted by Gasteiger charge is 2.15. The fourth-order valence-electron chi connectivity index (χ4n) is 1.92. The molecular formula is C14H21ClO2S. The topological polar surface area (TPSA) is 34.1 Å². The maximum Gasteiger partial charge on any atom is 0.261 e. The zero-order valence-electron chi connectivity index (χ0n) is 11.2. The van der Waals surface area contributed by atoms with Gasteiger partial charge < -0.3 is 0 Å². The minimum absolute atomic E-state index is 0.252. The minimum atomic E-state index is -3.63. The van der Waals surface area contributed by atoms with E-state index < -0.39 is 9.05 Å². The van der Waals surface area contributed by atoms with Crippen molar-refractivity contribution in [3.05, 3.63) is 29.8 Å². The molecule has 1 aromatic rings. The molecule has 0 spiro atoms. The summed E-state index contributed by atoms with van der Waals surface area (Å²) in [5, 5.41) is 0. The Kier molecular flexibility index (Phi) is 5.23. The smallest absolute Gasteiger partial charge is 0.207 e. The van der Waals surface area contributed by atoms with Gasteiger partial charge in [-0.3, -0.25) is 0 Å². The lowest BCUT2D eigenvalue weighted by Gasteiger charge is -2.17. The van der Waals surface area contributed by atoms with Crippen molar-refractivity contribution in [1.82, 2.24) is 0 Å². The Labute approximate surface area is 115 Å². The van der Waals surface area contributed by atoms with Crippen LogP contribution >= 0.6 is 10.7 Å². The molecule has 4 heteroatoms. The average Bonchev–Trinajstić information content (AvgIpc) is 2.22. The molecule has 0 saturated carbocycles. The summed E-state index contributed by atoms with van der Waals surface area (Å²) < 4.78 is 22.8. The zero-order chi connectivity index (χ0) is 13.8. The molecule has 0 saturated heterocycles. The van der Waals surface area contributed by atoms with Crippen LogP contribution in [0.4, 0.5) is 0 Å². The normalized spacial score (nSPS) is 12.7. The van der Waals surface area contributed by atoms with Crippen LogP contribution in [0.25, 0.3) is 0 Å². The molecule has 0 radical (unpaired) electrons. The Morgan fingerprint density at radius 3 is 2.28 bits per heavy atom. The van der Waals surface area contributed by atoms with Gasteiger partial charge in [0.25, 0.3) is 9.05 Å². The summed E-state index contributed by atoms with van der Waals surface area (Å²) in [4.78, 5) is 0.252. The summed E-state index contributed by atoms with van der Waals surface area (Å²) in [6.07, 6.45) is 3.99. The third kappa shape index (κ3) is 5.40. The maximum absolute atomic E-state index is 11.4. The Bertz CT molecular complexity index is 487. The first-order valence-corrected chi connectivity index (χ1v) is 8.54. The summed E-state index contributed by atoms with van der Waals surface area (Å²) >= 11 is 0. The van der Waals surface area contributed by atoms with Crippen molar-refractivity contribution in [3.8, 4) is 0 Å². The second kappa shape index (κ2) is 6.07. The van der Waals surface area contributed by atoms with Crippen molar-refractivity contribution in [1.29, 1.82) is 0 Å². The molecule has 0 atom stereocenters. The SMILES string of the molecule is CC(C)(C)CCCCc1ccccc1S(=O)(=O)Cl. The number of rotatable bonds is 5. The van der Waals surface area contributed by atoms with Crippen molar-refractivity contribution in [2.45, 2.75) is 51.3 Å². The lowest BCUT2D eigenvalue weighted by Crippen LogP contribution is -2.05. The van der Waals surface area contributed by atoms with Crippen LogP contribution < -0.4 is 0 Å². The van der Waals surface area contributed by atoms with Gasteiger partial charge in [-0.1, -0.05) is 45.4 Å². The molecule has 2 nitrogen and oxygen atoms in total. The summed E-state index contributed by atoms with van der Waals surface area (Å²) in [6, 6.07) is 6.96. The van der Waals surface area contributed by atoms with Gasteiger partial charge in [0.1, 0.15) is 0 Å². The maximum atomic E-state index is 11.4. The van der Waals surface area contributed by atoms with E-state index in [0.29, 0.717) is 5.41 Å². The second-order valence-corrected chi connectivity index (χ2v) is 8.35. The number of aryl methyl sites for hydroxylation is 1. The Morgan fingerprint density at radius 2 is 1.72 bits per heavy atom. The van der Waals surface area contributed by atoms with E-state index in [9.17, 15) is 8.42 Å². The van der Waals surface area contributed by atoms with Gasteiger partial charge in [-0.25, -0.2) is 8.42 Å². The van der Waals surface area contributed by atoms with Crippen LogP contribution in [0, 0.1) is 5.41 Å².